The van der Waals surface area contributed by atoms with Gasteiger partial charge in [-0.05, 0) is 63.3 Å². The number of halogens is 2. The molecule has 4 nitrogen and oxygen atoms in total. The summed E-state index contributed by atoms with van der Waals surface area (Å²) in [5, 5.41) is 9.91. The Morgan fingerprint density at radius 1 is 1.23 bits per heavy atom. The van der Waals surface area contributed by atoms with Crippen LogP contribution < -0.4 is 11.1 Å². The van der Waals surface area contributed by atoms with Crippen LogP contribution in [0.15, 0.2) is 61.2 Å². The summed E-state index contributed by atoms with van der Waals surface area (Å²) in [7, 11) is 1.00. The number of nitrogens with two attached hydrogens (primary N) is 1. The minimum absolute atomic E-state index is 0.103. The molecule has 1 aliphatic rings. The van der Waals surface area contributed by atoms with E-state index in [1.54, 1.807) is 23.9 Å². The molecule has 1 aromatic rings. The summed E-state index contributed by atoms with van der Waals surface area (Å²) in [5.74, 6) is 0.103. The number of alkyl halides is 2. The first-order chi connectivity index (χ1) is 16.9. The molecule has 202 valence electrons. The highest BCUT2D eigenvalue weighted by atomic mass is 32.2. The van der Waals surface area contributed by atoms with Crippen molar-refractivity contribution in [2.45, 2.75) is 64.7 Å². The molecule has 0 fully saturated rings. The molecule has 0 radical (unpaired) electrons. The van der Waals surface area contributed by atoms with Gasteiger partial charge in [-0.1, -0.05) is 68.5 Å². The molecule has 2 rings (SSSR count). The van der Waals surface area contributed by atoms with Crippen LogP contribution in [0.25, 0.3) is 0 Å². The lowest BCUT2D eigenvalue weighted by Crippen LogP contribution is -2.41. The molecule has 7 heteroatoms. The first kappa shape index (κ1) is 39.9. The third-order valence-electron chi connectivity index (χ3n) is 4.32. The number of hydrogen-bond acceptors (Lipinski definition) is 4. The summed E-state index contributed by atoms with van der Waals surface area (Å²) >= 11 is 1.72. The van der Waals surface area contributed by atoms with E-state index in [0.717, 1.165) is 25.7 Å². The number of hydrogen-bond donors (Lipinski definition) is 3. The third kappa shape index (κ3) is 18.7. The van der Waals surface area contributed by atoms with E-state index in [1.807, 2.05) is 39.8 Å². The quantitative estimate of drug-likeness (QED) is 0.145. The van der Waals surface area contributed by atoms with Crippen LogP contribution >= 0.6 is 11.8 Å². The van der Waals surface area contributed by atoms with Crippen molar-refractivity contribution in [2.24, 2.45) is 5.73 Å². The fourth-order valence-corrected chi connectivity index (χ4v) is 3.89. The molecule has 1 aliphatic carbocycles. The van der Waals surface area contributed by atoms with Crippen molar-refractivity contribution in [1.29, 1.82) is 5.41 Å². The Hall–Kier alpha value is -2.25. The van der Waals surface area contributed by atoms with Crippen LogP contribution in [0.4, 0.5) is 8.78 Å². The molecule has 0 spiro atoms. The molecule has 1 aromatic carbocycles. The first-order valence-electron chi connectivity index (χ1n) is 11.7. The summed E-state index contributed by atoms with van der Waals surface area (Å²) < 4.78 is 19.0. The van der Waals surface area contributed by atoms with Crippen molar-refractivity contribution in [3.8, 4) is 0 Å². The Morgan fingerprint density at radius 2 is 1.77 bits per heavy atom. The van der Waals surface area contributed by atoms with Crippen LogP contribution in [-0.2, 0) is 16.1 Å². The molecule has 1 unspecified atom stereocenters. The fourth-order valence-electron chi connectivity index (χ4n) is 2.95. The van der Waals surface area contributed by atoms with Gasteiger partial charge in [0.25, 0.3) is 0 Å². The molecule has 35 heavy (non-hydrogen) atoms. The Kier molecular flexibility index (Phi) is 34.0. The second-order valence-corrected chi connectivity index (χ2v) is 7.80. The van der Waals surface area contributed by atoms with Crippen molar-refractivity contribution < 1.29 is 13.6 Å². The normalized spacial score (nSPS) is 14.5. The standard InChI is InChI=1S/C14H20N2OS.C7H11N.C3H6.C2H6.2CH3F/c1-18-14(16-13(17)7-4-10-15)9-8-11-5-2-3-6-12(11)14;1-3-4-7(2)5-6-8;1-3-2;3*1-2/h2-3,5-6H,4,7-10,15H2,1H3,(H,16,17);3-4,6,8H,1,5H2,2H3;3H,1H2,2H3;1-2H3;2*1H3/b;7-4+,8-6?;;;;. The van der Waals surface area contributed by atoms with Crippen LogP contribution in [0.3, 0.4) is 0 Å². The van der Waals surface area contributed by atoms with Crippen molar-refractivity contribution in [3.63, 3.8) is 0 Å². The molecule has 1 atom stereocenters. The van der Waals surface area contributed by atoms with Gasteiger partial charge in [0.2, 0.25) is 5.91 Å². The van der Waals surface area contributed by atoms with Gasteiger partial charge in [0.15, 0.2) is 0 Å². The van der Waals surface area contributed by atoms with Crippen LogP contribution in [0.2, 0.25) is 0 Å². The predicted molar refractivity (Wildman–Crippen MR) is 155 cm³/mol. The van der Waals surface area contributed by atoms with Gasteiger partial charge in [-0.3, -0.25) is 13.6 Å². The lowest BCUT2D eigenvalue weighted by Gasteiger charge is -2.29. The Balaban J connectivity index is -0.000000237. The lowest BCUT2D eigenvalue weighted by atomic mass is 10.1. The number of fused-ring (bicyclic) bond motifs is 1. The zero-order valence-corrected chi connectivity index (χ0v) is 23.7. The zero-order chi connectivity index (χ0) is 28.1. The smallest absolute Gasteiger partial charge is 0.221 e. The number of carbonyl (C=O) groups is 1. The highest BCUT2D eigenvalue weighted by Gasteiger charge is 2.38. The number of aryl methyl sites for hydroxylation is 1. The maximum atomic E-state index is 12.0. The van der Waals surface area contributed by atoms with E-state index >= 15 is 0 Å². The number of benzene rings is 1. The summed E-state index contributed by atoms with van der Waals surface area (Å²) in [6.07, 6.45) is 12.9. The van der Waals surface area contributed by atoms with E-state index in [4.69, 9.17) is 11.1 Å². The number of allylic oxidation sites excluding steroid dienone is 4. The summed E-state index contributed by atoms with van der Waals surface area (Å²) in [6.45, 7) is 15.3. The minimum Gasteiger partial charge on any atom is -0.338 e. The van der Waals surface area contributed by atoms with E-state index in [-0.39, 0.29) is 10.8 Å². The van der Waals surface area contributed by atoms with Crippen molar-refractivity contribution in [3.05, 3.63) is 72.4 Å². The summed E-state index contributed by atoms with van der Waals surface area (Å²) in [6, 6.07) is 8.38. The van der Waals surface area contributed by atoms with Crippen molar-refractivity contribution >= 4 is 23.9 Å². The Labute approximate surface area is 218 Å². The van der Waals surface area contributed by atoms with Gasteiger partial charge in [-0.25, -0.2) is 0 Å². The van der Waals surface area contributed by atoms with Gasteiger partial charge in [0, 0.05) is 12.8 Å². The number of nitrogens with one attached hydrogen (secondary N) is 2. The lowest BCUT2D eigenvalue weighted by molar-refractivity contribution is -0.122. The number of thioether (sulfide) groups is 1. The van der Waals surface area contributed by atoms with E-state index in [0.29, 0.717) is 27.3 Å². The van der Waals surface area contributed by atoms with Gasteiger partial charge in [-0.15, -0.1) is 18.3 Å². The molecule has 0 saturated carbocycles. The minimum atomic E-state index is -0.234. The van der Waals surface area contributed by atoms with E-state index in [2.05, 4.69) is 42.9 Å². The molecule has 0 saturated heterocycles. The van der Waals surface area contributed by atoms with E-state index in [1.165, 1.54) is 22.9 Å². The maximum absolute atomic E-state index is 12.0. The number of carbonyl (C=O) groups excluding carboxylic acids is 1. The van der Waals surface area contributed by atoms with Crippen LogP contribution in [0.1, 0.15) is 64.5 Å². The van der Waals surface area contributed by atoms with Gasteiger partial charge in [-0.2, -0.15) is 0 Å². The van der Waals surface area contributed by atoms with Gasteiger partial charge >= 0.3 is 0 Å². The van der Waals surface area contributed by atoms with Gasteiger partial charge in [0.05, 0.1) is 14.4 Å². The first-order valence-corrected chi connectivity index (χ1v) is 12.9. The Bertz CT molecular complexity index is 697. The highest BCUT2D eigenvalue weighted by Crippen LogP contribution is 2.43. The second kappa shape index (κ2) is 29.8. The molecule has 0 aliphatic heterocycles. The summed E-state index contributed by atoms with van der Waals surface area (Å²) in [5.41, 5.74) is 9.23. The number of rotatable bonds is 8. The van der Waals surface area contributed by atoms with Gasteiger partial charge < -0.3 is 16.5 Å². The molecule has 1 amide bonds. The van der Waals surface area contributed by atoms with Gasteiger partial charge in [0.1, 0.15) is 4.87 Å². The molecule has 0 aromatic heterocycles. The SMILES string of the molecule is C=C/C=C(\C)CC=N.C=CC.CC.CF.CF.CSC1(NC(=O)CCCN)CCc2ccccc21. The molecule has 0 bridgehead atoms. The Morgan fingerprint density at radius 3 is 2.23 bits per heavy atom. The topological polar surface area (TPSA) is 79.0 Å². The average Bonchev–Trinajstić information content (AvgIpc) is 3.26. The van der Waals surface area contributed by atoms with Crippen molar-refractivity contribution in [1.82, 2.24) is 5.32 Å². The maximum Gasteiger partial charge on any atom is 0.221 e. The molecule has 0 heterocycles. The second-order valence-electron chi connectivity index (χ2n) is 6.69. The molecular weight excluding hydrogens is 464 g/mol. The van der Waals surface area contributed by atoms with Crippen molar-refractivity contribution in [2.75, 3.05) is 27.2 Å². The van der Waals surface area contributed by atoms with Crippen LogP contribution in [0, 0.1) is 5.41 Å². The summed E-state index contributed by atoms with van der Waals surface area (Å²) in [4.78, 5) is 11.7. The van der Waals surface area contributed by atoms with E-state index < -0.39 is 0 Å². The fraction of sp³-hybridized carbons (Fsp3) is 0.500. The van der Waals surface area contributed by atoms with Crippen LogP contribution in [0.5, 0.6) is 0 Å². The monoisotopic (exact) mass is 513 g/mol. The predicted octanol–water partition coefficient (Wildman–Crippen LogP) is 7.55. The molecular formula is C28H49F2N3OS. The van der Waals surface area contributed by atoms with Crippen LogP contribution in [-0.4, -0.2) is 39.3 Å². The third-order valence-corrected chi connectivity index (χ3v) is 5.55. The largest absolute Gasteiger partial charge is 0.338 e. The average molecular weight is 514 g/mol. The number of amides is 1. The molecule has 4 N–H and O–H groups in total. The highest BCUT2D eigenvalue weighted by molar-refractivity contribution is 7.99. The van der Waals surface area contributed by atoms with E-state index in [9.17, 15) is 13.6 Å². The zero-order valence-electron chi connectivity index (χ0n) is 22.9.